The highest BCUT2D eigenvalue weighted by molar-refractivity contribution is 5.85. The molecule has 2 aliphatic rings. The van der Waals surface area contributed by atoms with E-state index in [4.69, 9.17) is 10.5 Å². The van der Waals surface area contributed by atoms with Crippen molar-refractivity contribution >= 4 is 18.4 Å². The lowest BCUT2D eigenvalue weighted by Crippen LogP contribution is -2.41. The molecule has 0 aromatic rings. The van der Waals surface area contributed by atoms with E-state index in [1.807, 2.05) is 6.92 Å². The molecule has 0 aromatic heterocycles. The molecule has 0 aromatic carbocycles. The van der Waals surface area contributed by atoms with E-state index in [2.05, 4.69) is 0 Å². The molecule has 0 heterocycles. The number of hydrogen-bond donors (Lipinski definition) is 1. The summed E-state index contributed by atoms with van der Waals surface area (Å²) in [5, 5.41) is 0. The first-order chi connectivity index (χ1) is 6.74. The lowest BCUT2D eigenvalue weighted by atomic mass is 9.90. The highest BCUT2D eigenvalue weighted by Crippen LogP contribution is 2.50. The summed E-state index contributed by atoms with van der Waals surface area (Å²) in [4.78, 5) is 11.5. The normalized spacial score (nSPS) is 22.1. The minimum atomic E-state index is -0.366. The monoisotopic (exact) mass is 233 g/mol. The largest absolute Gasteiger partial charge is 0.465 e. The Morgan fingerprint density at radius 3 is 2.13 bits per heavy atom. The van der Waals surface area contributed by atoms with Gasteiger partial charge in [-0.05, 0) is 50.4 Å². The van der Waals surface area contributed by atoms with Crippen LogP contribution in [-0.4, -0.2) is 18.6 Å². The van der Waals surface area contributed by atoms with Crippen molar-refractivity contribution in [3.05, 3.63) is 0 Å². The van der Waals surface area contributed by atoms with E-state index in [0.29, 0.717) is 24.4 Å². The Morgan fingerprint density at radius 1 is 1.33 bits per heavy atom. The molecule has 2 N–H and O–H groups in total. The Kier molecular flexibility index (Phi) is 4.41. The van der Waals surface area contributed by atoms with Gasteiger partial charge in [-0.25, -0.2) is 0 Å². The van der Waals surface area contributed by atoms with Gasteiger partial charge in [0.05, 0.1) is 6.61 Å². The fraction of sp³-hybridized carbons (Fsp3) is 0.909. The molecule has 0 radical (unpaired) electrons. The van der Waals surface area contributed by atoms with Crippen molar-refractivity contribution in [3.63, 3.8) is 0 Å². The average Bonchev–Trinajstić information content (AvgIpc) is 2.99. The SMILES string of the molecule is CCOC(=O)[C@@H](N)C(C1CC1)C1CC1.Cl. The van der Waals surface area contributed by atoms with Gasteiger partial charge in [-0.1, -0.05) is 0 Å². The van der Waals surface area contributed by atoms with Crippen molar-refractivity contribution in [3.8, 4) is 0 Å². The minimum absolute atomic E-state index is 0. The molecule has 0 amide bonds. The van der Waals surface area contributed by atoms with Crippen LogP contribution < -0.4 is 5.73 Å². The van der Waals surface area contributed by atoms with Crippen LogP contribution in [0, 0.1) is 17.8 Å². The number of rotatable bonds is 5. The van der Waals surface area contributed by atoms with Gasteiger partial charge in [0.25, 0.3) is 0 Å². The summed E-state index contributed by atoms with van der Waals surface area (Å²) < 4.78 is 4.98. The maximum absolute atomic E-state index is 11.5. The summed E-state index contributed by atoms with van der Waals surface area (Å²) in [6.07, 6.45) is 5.03. The zero-order valence-corrected chi connectivity index (χ0v) is 9.96. The van der Waals surface area contributed by atoms with Crippen LogP contribution in [0.4, 0.5) is 0 Å². The van der Waals surface area contributed by atoms with Crippen LogP contribution in [0.3, 0.4) is 0 Å². The van der Waals surface area contributed by atoms with Crippen molar-refractivity contribution in [1.29, 1.82) is 0 Å². The van der Waals surface area contributed by atoms with Gasteiger partial charge < -0.3 is 10.5 Å². The predicted octanol–water partition coefficient (Wildman–Crippen LogP) is 1.73. The number of halogens is 1. The maximum atomic E-state index is 11.5. The second-order valence-corrected chi connectivity index (χ2v) is 4.53. The predicted molar refractivity (Wildman–Crippen MR) is 60.8 cm³/mol. The van der Waals surface area contributed by atoms with E-state index in [9.17, 15) is 4.79 Å². The third-order valence-electron chi connectivity index (χ3n) is 3.31. The van der Waals surface area contributed by atoms with E-state index >= 15 is 0 Å². The Morgan fingerprint density at radius 2 is 1.80 bits per heavy atom. The Labute approximate surface area is 97.1 Å². The number of carbonyl (C=O) groups is 1. The molecule has 3 nitrogen and oxygen atoms in total. The first-order valence-corrected chi connectivity index (χ1v) is 5.66. The molecule has 0 spiro atoms. The van der Waals surface area contributed by atoms with Crippen molar-refractivity contribution in [2.75, 3.05) is 6.61 Å². The third-order valence-corrected chi connectivity index (χ3v) is 3.31. The molecule has 0 bridgehead atoms. The smallest absolute Gasteiger partial charge is 0.323 e. The molecule has 2 saturated carbocycles. The molecule has 1 atom stereocenters. The van der Waals surface area contributed by atoms with Crippen LogP contribution in [0.1, 0.15) is 32.6 Å². The van der Waals surface area contributed by atoms with Crippen molar-refractivity contribution in [1.82, 2.24) is 0 Å². The molecule has 0 saturated heterocycles. The van der Waals surface area contributed by atoms with Crippen LogP contribution in [0.2, 0.25) is 0 Å². The minimum Gasteiger partial charge on any atom is -0.465 e. The highest BCUT2D eigenvalue weighted by Gasteiger charge is 2.46. The number of carbonyl (C=O) groups excluding carboxylic acids is 1. The third kappa shape index (κ3) is 3.08. The molecule has 2 fully saturated rings. The van der Waals surface area contributed by atoms with Gasteiger partial charge in [0, 0.05) is 0 Å². The van der Waals surface area contributed by atoms with E-state index in [-0.39, 0.29) is 24.4 Å². The fourth-order valence-corrected chi connectivity index (χ4v) is 2.33. The van der Waals surface area contributed by atoms with Gasteiger partial charge >= 0.3 is 5.97 Å². The van der Waals surface area contributed by atoms with E-state index in [1.54, 1.807) is 0 Å². The summed E-state index contributed by atoms with van der Waals surface area (Å²) >= 11 is 0. The van der Waals surface area contributed by atoms with Gasteiger partial charge in [0.15, 0.2) is 0 Å². The number of esters is 1. The lowest BCUT2D eigenvalue weighted by Gasteiger charge is -2.21. The van der Waals surface area contributed by atoms with Crippen molar-refractivity contribution in [2.24, 2.45) is 23.5 Å². The summed E-state index contributed by atoms with van der Waals surface area (Å²) in [5.74, 6) is 1.63. The van der Waals surface area contributed by atoms with E-state index in [1.165, 1.54) is 25.7 Å². The van der Waals surface area contributed by atoms with Crippen LogP contribution in [0.5, 0.6) is 0 Å². The lowest BCUT2D eigenvalue weighted by molar-refractivity contribution is -0.146. The molecule has 4 heteroatoms. The Bertz CT molecular complexity index is 215. The van der Waals surface area contributed by atoms with Crippen LogP contribution in [0.15, 0.2) is 0 Å². The molecular weight excluding hydrogens is 214 g/mol. The Balaban J connectivity index is 0.00000112. The number of ether oxygens (including phenoxy) is 1. The molecule has 15 heavy (non-hydrogen) atoms. The first kappa shape index (κ1) is 12.8. The molecule has 88 valence electrons. The quantitative estimate of drug-likeness (QED) is 0.736. The van der Waals surface area contributed by atoms with Crippen LogP contribution >= 0.6 is 12.4 Å². The number of hydrogen-bond acceptors (Lipinski definition) is 3. The molecular formula is C11H20ClNO2. The van der Waals surface area contributed by atoms with Crippen LogP contribution in [-0.2, 0) is 9.53 Å². The van der Waals surface area contributed by atoms with Crippen molar-refractivity contribution < 1.29 is 9.53 Å². The maximum Gasteiger partial charge on any atom is 0.323 e. The molecule has 0 unspecified atom stereocenters. The topological polar surface area (TPSA) is 52.3 Å². The summed E-state index contributed by atoms with van der Waals surface area (Å²) in [5.41, 5.74) is 5.95. The average molecular weight is 234 g/mol. The summed E-state index contributed by atoms with van der Waals surface area (Å²) in [7, 11) is 0. The van der Waals surface area contributed by atoms with Crippen molar-refractivity contribution in [2.45, 2.75) is 38.6 Å². The molecule has 2 aliphatic carbocycles. The van der Waals surface area contributed by atoms with E-state index < -0.39 is 0 Å². The number of nitrogens with two attached hydrogens (primary N) is 1. The van der Waals surface area contributed by atoms with Crippen LogP contribution in [0.25, 0.3) is 0 Å². The fourth-order valence-electron chi connectivity index (χ4n) is 2.33. The summed E-state index contributed by atoms with van der Waals surface area (Å²) in [6, 6.07) is -0.366. The molecule has 2 rings (SSSR count). The van der Waals surface area contributed by atoms with Gasteiger partial charge in [0.1, 0.15) is 6.04 Å². The van der Waals surface area contributed by atoms with Gasteiger partial charge in [0.2, 0.25) is 0 Å². The molecule has 0 aliphatic heterocycles. The zero-order chi connectivity index (χ0) is 10.1. The van der Waals surface area contributed by atoms with E-state index in [0.717, 1.165) is 0 Å². The Hall–Kier alpha value is -0.280. The standard InChI is InChI=1S/C11H19NO2.ClH/c1-2-14-11(13)10(12)9(7-3-4-7)8-5-6-8;/h7-10H,2-6,12H2,1H3;1H/t10-;/m0./s1. The van der Waals surface area contributed by atoms with Gasteiger partial charge in [-0.15, -0.1) is 12.4 Å². The first-order valence-electron chi connectivity index (χ1n) is 5.66. The summed E-state index contributed by atoms with van der Waals surface area (Å²) in [6.45, 7) is 2.27. The van der Waals surface area contributed by atoms with Gasteiger partial charge in [-0.2, -0.15) is 0 Å². The second-order valence-electron chi connectivity index (χ2n) is 4.53. The second kappa shape index (κ2) is 5.17. The zero-order valence-electron chi connectivity index (χ0n) is 9.15. The highest BCUT2D eigenvalue weighted by atomic mass is 35.5. The van der Waals surface area contributed by atoms with Gasteiger partial charge in [-0.3, -0.25) is 4.79 Å².